The van der Waals surface area contributed by atoms with E-state index < -0.39 is 18.0 Å². The Kier molecular flexibility index (Phi) is 6.54. The molecule has 0 spiro atoms. The monoisotopic (exact) mass is 314 g/mol. The number of hydrogen-bond donors (Lipinski definition) is 3. The molecule has 1 aromatic rings. The second kappa shape index (κ2) is 7.92. The van der Waals surface area contributed by atoms with Gasteiger partial charge < -0.3 is 10.4 Å². The lowest BCUT2D eigenvalue weighted by atomic mass is 10.00. The summed E-state index contributed by atoms with van der Waals surface area (Å²) in [6.45, 7) is 7.81. The fourth-order valence-electron chi connectivity index (χ4n) is 1.69. The molecule has 1 rings (SSSR count). The van der Waals surface area contributed by atoms with Gasteiger partial charge in [-0.3, -0.25) is 5.32 Å². The van der Waals surface area contributed by atoms with Gasteiger partial charge in [0.25, 0.3) is 0 Å². The first kappa shape index (κ1) is 17.4. The predicted molar refractivity (Wildman–Crippen MR) is 81.5 cm³/mol. The average molecular weight is 314 g/mol. The van der Waals surface area contributed by atoms with Crippen LogP contribution in [-0.2, 0) is 11.2 Å². The lowest BCUT2D eigenvalue weighted by Crippen LogP contribution is -2.46. The zero-order valence-electron chi connectivity index (χ0n) is 12.7. The molecule has 2 atom stereocenters. The van der Waals surface area contributed by atoms with E-state index in [0.717, 1.165) is 11.4 Å². The van der Waals surface area contributed by atoms with E-state index in [1.165, 1.54) is 11.3 Å². The van der Waals surface area contributed by atoms with E-state index in [1.807, 2.05) is 6.92 Å². The van der Waals surface area contributed by atoms with E-state index in [4.69, 9.17) is 5.11 Å². The van der Waals surface area contributed by atoms with Gasteiger partial charge in [0.2, 0.25) is 5.13 Å². The van der Waals surface area contributed by atoms with E-state index in [0.29, 0.717) is 17.5 Å². The van der Waals surface area contributed by atoms with E-state index in [9.17, 15) is 9.59 Å². The Morgan fingerprint density at radius 1 is 1.29 bits per heavy atom. The maximum atomic E-state index is 11.8. The van der Waals surface area contributed by atoms with Gasteiger partial charge in [0.05, 0.1) is 0 Å². The number of nitrogens with zero attached hydrogens (tertiary/aromatic N) is 2. The molecule has 0 aliphatic rings. The van der Waals surface area contributed by atoms with Gasteiger partial charge in [-0.05, 0) is 11.8 Å². The topological polar surface area (TPSA) is 104 Å². The number of urea groups is 1. The van der Waals surface area contributed by atoms with Gasteiger partial charge in [-0.1, -0.05) is 45.5 Å². The lowest BCUT2D eigenvalue weighted by molar-refractivity contribution is -0.140. The summed E-state index contributed by atoms with van der Waals surface area (Å²) in [4.78, 5) is 23.0. The molecule has 8 heteroatoms. The highest BCUT2D eigenvalue weighted by atomic mass is 32.1. The van der Waals surface area contributed by atoms with Crippen molar-refractivity contribution in [2.75, 3.05) is 5.32 Å². The van der Waals surface area contributed by atoms with Crippen LogP contribution in [0.3, 0.4) is 0 Å². The van der Waals surface area contributed by atoms with Gasteiger partial charge in [0.1, 0.15) is 11.0 Å². The summed E-state index contributed by atoms with van der Waals surface area (Å²) < 4.78 is 0. The Hall–Kier alpha value is -1.70. The number of hydrogen-bond acceptors (Lipinski definition) is 5. The van der Waals surface area contributed by atoms with Crippen LogP contribution in [0.4, 0.5) is 9.93 Å². The summed E-state index contributed by atoms with van der Waals surface area (Å²) >= 11 is 1.30. The summed E-state index contributed by atoms with van der Waals surface area (Å²) in [6, 6.07) is -1.49. The van der Waals surface area contributed by atoms with Crippen LogP contribution >= 0.6 is 11.3 Å². The normalized spacial score (nSPS) is 13.8. The summed E-state index contributed by atoms with van der Waals surface area (Å²) in [7, 11) is 0. The molecule has 0 bridgehead atoms. The molecule has 0 fully saturated rings. The fourth-order valence-corrected chi connectivity index (χ4v) is 2.64. The summed E-state index contributed by atoms with van der Waals surface area (Å²) in [5.74, 6) is -0.738. The molecule has 118 valence electrons. The van der Waals surface area contributed by atoms with E-state index in [1.54, 1.807) is 6.92 Å². The first-order chi connectivity index (χ1) is 9.83. The van der Waals surface area contributed by atoms with Crippen LogP contribution in [0.25, 0.3) is 0 Å². The molecule has 0 radical (unpaired) electrons. The molecule has 7 nitrogen and oxygen atoms in total. The van der Waals surface area contributed by atoms with Crippen molar-refractivity contribution in [1.29, 1.82) is 0 Å². The third kappa shape index (κ3) is 5.66. The minimum absolute atomic E-state index is 0.154. The molecule has 0 aromatic carbocycles. The van der Waals surface area contributed by atoms with Crippen LogP contribution in [0, 0.1) is 11.8 Å². The van der Waals surface area contributed by atoms with Crippen LogP contribution in [0.15, 0.2) is 0 Å². The van der Waals surface area contributed by atoms with Gasteiger partial charge in [0.15, 0.2) is 0 Å². The number of rotatable bonds is 7. The molecule has 0 aliphatic heterocycles. The molecular weight excluding hydrogens is 292 g/mol. The van der Waals surface area contributed by atoms with Crippen molar-refractivity contribution in [1.82, 2.24) is 15.5 Å². The van der Waals surface area contributed by atoms with Crippen LogP contribution in [0.5, 0.6) is 0 Å². The van der Waals surface area contributed by atoms with E-state index in [2.05, 4.69) is 34.7 Å². The highest BCUT2D eigenvalue weighted by Crippen LogP contribution is 2.18. The number of aliphatic carboxylic acids is 1. The Morgan fingerprint density at radius 2 is 1.95 bits per heavy atom. The van der Waals surface area contributed by atoms with E-state index in [-0.39, 0.29) is 5.92 Å². The standard InChI is InChI=1S/C13H22N4O3S/c1-5-8(4)10(11(18)19)14-12(20)15-13-17-16-9(21-13)6-7(2)3/h7-8,10H,5-6H2,1-4H3,(H,18,19)(H2,14,15,17,20)/t8-,10-/m0/s1. The number of carbonyl (C=O) groups is 2. The average Bonchev–Trinajstić information content (AvgIpc) is 2.81. The van der Waals surface area contributed by atoms with Crippen molar-refractivity contribution in [2.24, 2.45) is 11.8 Å². The minimum Gasteiger partial charge on any atom is -0.480 e. The van der Waals surface area contributed by atoms with E-state index >= 15 is 0 Å². The maximum absolute atomic E-state index is 11.8. The molecule has 0 saturated heterocycles. The van der Waals surface area contributed by atoms with Crippen molar-refractivity contribution in [3.8, 4) is 0 Å². The van der Waals surface area contributed by atoms with Crippen molar-refractivity contribution < 1.29 is 14.7 Å². The van der Waals surface area contributed by atoms with Gasteiger partial charge >= 0.3 is 12.0 Å². The Balaban J connectivity index is 2.59. The molecular formula is C13H22N4O3S. The smallest absolute Gasteiger partial charge is 0.326 e. The number of carbonyl (C=O) groups excluding carboxylic acids is 1. The zero-order chi connectivity index (χ0) is 16.0. The molecule has 1 heterocycles. The minimum atomic E-state index is -1.04. The van der Waals surface area contributed by atoms with Crippen LogP contribution in [-0.4, -0.2) is 33.3 Å². The highest BCUT2D eigenvalue weighted by molar-refractivity contribution is 7.15. The second-order valence-corrected chi connectivity index (χ2v) is 6.46. The molecule has 0 saturated carbocycles. The van der Waals surface area contributed by atoms with Gasteiger partial charge in [-0.2, -0.15) is 0 Å². The Bertz CT molecular complexity index is 490. The number of amides is 2. The quantitative estimate of drug-likeness (QED) is 0.716. The number of aromatic nitrogens is 2. The van der Waals surface area contributed by atoms with Crippen molar-refractivity contribution in [2.45, 2.75) is 46.6 Å². The number of anilines is 1. The van der Waals surface area contributed by atoms with Crippen LogP contribution in [0.2, 0.25) is 0 Å². The largest absolute Gasteiger partial charge is 0.480 e. The van der Waals surface area contributed by atoms with Gasteiger partial charge in [-0.25, -0.2) is 9.59 Å². The summed E-state index contributed by atoms with van der Waals surface area (Å²) in [6.07, 6.45) is 1.46. The maximum Gasteiger partial charge on any atom is 0.326 e. The molecule has 0 aliphatic carbocycles. The molecule has 1 aromatic heterocycles. The SMILES string of the molecule is CC[C@H](C)[C@H](NC(=O)Nc1nnc(CC(C)C)s1)C(=O)O. The van der Waals surface area contributed by atoms with Gasteiger partial charge in [-0.15, -0.1) is 10.2 Å². The van der Waals surface area contributed by atoms with Crippen molar-refractivity contribution in [3.63, 3.8) is 0 Å². The predicted octanol–water partition coefficient (Wildman–Crippen LogP) is 2.36. The summed E-state index contributed by atoms with van der Waals surface area (Å²) in [5.41, 5.74) is 0. The third-order valence-corrected chi connectivity index (χ3v) is 3.90. The fraction of sp³-hybridized carbons (Fsp3) is 0.692. The lowest BCUT2D eigenvalue weighted by Gasteiger charge is -2.19. The first-order valence-corrected chi connectivity index (χ1v) is 7.77. The summed E-state index contributed by atoms with van der Waals surface area (Å²) in [5, 5.41) is 23.2. The van der Waals surface area contributed by atoms with Crippen molar-refractivity contribution >= 4 is 28.5 Å². The van der Waals surface area contributed by atoms with Gasteiger partial charge in [0, 0.05) is 6.42 Å². The molecule has 21 heavy (non-hydrogen) atoms. The zero-order valence-corrected chi connectivity index (χ0v) is 13.5. The van der Waals surface area contributed by atoms with Crippen LogP contribution in [0.1, 0.15) is 39.1 Å². The number of carboxylic acid groups (broad SMARTS) is 1. The third-order valence-electron chi connectivity index (χ3n) is 3.04. The Morgan fingerprint density at radius 3 is 2.48 bits per heavy atom. The molecule has 3 N–H and O–H groups in total. The first-order valence-electron chi connectivity index (χ1n) is 6.96. The molecule has 2 amide bonds. The van der Waals surface area contributed by atoms with Crippen LogP contribution < -0.4 is 10.6 Å². The number of nitrogens with one attached hydrogen (secondary N) is 2. The molecule has 0 unspecified atom stereocenters. The Labute approximate surface area is 128 Å². The number of carboxylic acids is 1. The highest BCUT2D eigenvalue weighted by Gasteiger charge is 2.25. The van der Waals surface area contributed by atoms with Crippen molar-refractivity contribution in [3.05, 3.63) is 5.01 Å². The second-order valence-electron chi connectivity index (χ2n) is 5.40.